The zero-order chi connectivity index (χ0) is 13.4. The first kappa shape index (κ1) is 12.0. The van der Waals surface area contributed by atoms with Gasteiger partial charge in [0.15, 0.2) is 0 Å². The molecule has 0 aliphatic heterocycles. The van der Waals surface area contributed by atoms with Crippen molar-refractivity contribution in [2.45, 2.75) is 32.7 Å². The maximum absolute atomic E-state index is 11.5. The van der Waals surface area contributed by atoms with Gasteiger partial charge >= 0.3 is 5.97 Å². The lowest BCUT2D eigenvalue weighted by Gasteiger charge is -2.08. The molecule has 4 nitrogen and oxygen atoms in total. The zero-order valence-corrected chi connectivity index (χ0v) is 10.9. The van der Waals surface area contributed by atoms with Crippen LogP contribution >= 0.6 is 0 Å². The minimum Gasteiger partial charge on any atom is -0.477 e. The zero-order valence-electron chi connectivity index (χ0n) is 10.9. The number of aromatic nitrogens is 2. The van der Waals surface area contributed by atoms with Crippen LogP contribution in [0.5, 0.6) is 0 Å². The van der Waals surface area contributed by atoms with Crippen LogP contribution in [-0.2, 0) is 19.4 Å². The maximum atomic E-state index is 11.5. The van der Waals surface area contributed by atoms with Crippen molar-refractivity contribution in [3.63, 3.8) is 0 Å². The lowest BCUT2D eigenvalue weighted by Crippen LogP contribution is -2.13. The Morgan fingerprint density at radius 2 is 2.16 bits per heavy atom. The molecule has 2 aromatic rings. The first-order chi connectivity index (χ1) is 9.16. The van der Waals surface area contributed by atoms with Crippen LogP contribution in [0.3, 0.4) is 0 Å². The van der Waals surface area contributed by atoms with Crippen molar-refractivity contribution in [3.8, 4) is 0 Å². The number of benzene rings is 1. The van der Waals surface area contributed by atoms with Crippen LogP contribution < -0.4 is 0 Å². The largest absolute Gasteiger partial charge is 0.477 e. The lowest BCUT2D eigenvalue weighted by molar-refractivity contribution is 0.0682. The molecule has 0 spiro atoms. The smallest absolute Gasteiger partial charge is 0.354 e. The predicted molar refractivity (Wildman–Crippen MR) is 71.5 cm³/mol. The quantitative estimate of drug-likeness (QED) is 0.917. The Kier molecular flexibility index (Phi) is 2.85. The number of hydrogen-bond donors (Lipinski definition) is 1. The second-order valence-corrected chi connectivity index (χ2v) is 5.02. The second-order valence-electron chi connectivity index (χ2n) is 5.02. The summed E-state index contributed by atoms with van der Waals surface area (Å²) in [6.07, 6.45) is 2.75. The number of aryl methyl sites for hydroxylation is 2. The van der Waals surface area contributed by atoms with Gasteiger partial charge in [0.25, 0.3) is 0 Å². The molecule has 0 fully saturated rings. The average molecular weight is 256 g/mol. The van der Waals surface area contributed by atoms with Crippen LogP contribution in [-0.4, -0.2) is 20.9 Å². The van der Waals surface area contributed by atoms with Crippen LogP contribution in [0, 0.1) is 6.92 Å². The van der Waals surface area contributed by atoms with E-state index in [2.05, 4.69) is 5.10 Å². The van der Waals surface area contributed by atoms with E-state index in [1.807, 2.05) is 31.2 Å². The summed E-state index contributed by atoms with van der Waals surface area (Å²) in [6.45, 7) is 2.56. The van der Waals surface area contributed by atoms with Crippen molar-refractivity contribution in [3.05, 3.63) is 52.3 Å². The van der Waals surface area contributed by atoms with Crippen molar-refractivity contribution >= 4 is 5.97 Å². The van der Waals surface area contributed by atoms with Gasteiger partial charge in [0.2, 0.25) is 0 Å². The van der Waals surface area contributed by atoms with E-state index in [4.69, 9.17) is 0 Å². The van der Waals surface area contributed by atoms with E-state index in [1.165, 1.54) is 0 Å². The Bertz CT molecular complexity index is 644. The fraction of sp³-hybridized carbons (Fsp3) is 0.333. The maximum Gasteiger partial charge on any atom is 0.354 e. The summed E-state index contributed by atoms with van der Waals surface area (Å²) in [5.41, 5.74) is 4.54. The van der Waals surface area contributed by atoms with Gasteiger partial charge in [-0.25, -0.2) is 4.79 Å². The molecule has 0 saturated carbocycles. The Hall–Kier alpha value is -2.10. The monoisotopic (exact) mass is 256 g/mol. The molecule has 0 saturated heterocycles. The normalized spacial score (nSPS) is 13.5. The minimum atomic E-state index is -0.871. The molecule has 1 aliphatic carbocycles. The van der Waals surface area contributed by atoms with Crippen molar-refractivity contribution in [1.82, 2.24) is 9.78 Å². The van der Waals surface area contributed by atoms with Crippen LogP contribution in [0.2, 0.25) is 0 Å². The summed E-state index contributed by atoms with van der Waals surface area (Å²) in [7, 11) is 0. The van der Waals surface area contributed by atoms with Crippen LogP contribution in [0.4, 0.5) is 0 Å². The molecule has 98 valence electrons. The SMILES string of the molecule is Cc1ccccc1Cn1nc2c(c1C(=O)O)CCC2. The van der Waals surface area contributed by atoms with Gasteiger partial charge in [-0.1, -0.05) is 24.3 Å². The molecule has 0 atom stereocenters. The van der Waals surface area contributed by atoms with E-state index in [-0.39, 0.29) is 0 Å². The number of carboxylic acids is 1. The molecule has 3 rings (SSSR count). The van der Waals surface area contributed by atoms with Crippen LogP contribution in [0.15, 0.2) is 24.3 Å². The Labute approximate surface area is 111 Å². The van der Waals surface area contributed by atoms with E-state index in [9.17, 15) is 9.90 Å². The van der Waals surface area contributed by atoms with E-state index in [0.717, 1.165) is 41.6 Å². The fourth-order valence-electron chi connectivity index (χ4n) is 2.75. The van der Waals surface area contributed by atoms with Crippen LogP contribution in [0.25, 0.3) is 0 Å². The van der Waals surface area contributed by atoms with Gasteiger partial charge in [-0.3, -0.25) is 4.68 Å². The third-order valence-electron chi connectivity index (χ3n) is 3.76. The molecular weight excluding hydrogens is 240 g/mol. The van der Waals surface area contributed by atoms with Gasteiger partial charge in [-0.2, -0.15) is 5.10 Å². The summed E-state index contributed by atoms with van der Waals surface area (Å²) in [5, 5.41) is 13.9. The van der Waals surface area contributed by atoms with E-state index >= 15 is 0 Å². The van der Waals surface area contributed by atoms with Gasteiger partial charge in [-0.15, -0.1) is 0 Å². The predicted octanol–water partition coefficient (Wildman–Crippen LogP) is 2.43. The standard InChI is InChI=1S/C15H16N2O2/c1-10-5-2-3-6-11(10)9-17-14(15(18)19)12-7-4-8-13(12)16-17/h2-3,5-6H,4,7-9H2,1H3,(H,18,19). The highest BCUT2D eigenvalue weighted by Crippen LogP contribution is 2.25. The summed E-state index contributed by atoms with van der Waals surface area (Å²) in [6, 6.07) is 8.01. The fourth-order valence-corrected chi connectivity index (χ4v) is 2.75. The summed E-state index contributed by atoms with van der Waals surface area (Å²) in [4.78, 5) is 11.5. The number of hydrogen-bond acceptors (Lipinski definition) is 2. The first-order valence-corrected chi connectivity index (χ1v) is 6.53. The van der Waals surface area contributed by atoms with Gasteiger partial charge in [0.1, 0.15) is 5.69 Å². The molecule has 1 N–H and O–H groups in total. The number of fused-ring (bicyclic) bond motifs is 1. The van der Waals surface area contributed by atoms with Crippen molar-refractivity contribution in [2.75, 3.05) is 0 Å². The molecule has 0 unspecified atom stereocenters. The molecule has 0 bridgehead atoms. The summed E-state index contributed by atoms with van der Waals surface area (Å²) in [5.74, 6) is -0.871. The number of nitrogens with zero attached hydrogens (tertiary/aromatic N) is 2. The third kappa shape index (κ3) is 2.03. The summed E-state index contributed by atoms with van der Waals surface area (Å²) < 4.78 is 1.65. The molecule has 1 aromatic carbocycles. The Morgan fingerprint density at radius 1 is 1.37 bits per heavy atom. The summed E-state index contributed by atoms with van der Waals surface area (Å²) >= 11 is 0. The molecule has 1 aliphatic rings. The number of aromatic carboxylic acids is 1. The van der Waals surface area contributed by atoms with E-state index in [1.54, 1.807) is 4.68 Å². The highest BCUT2D eigenvalue weighted by atomic mass is 16.4. The third-order valence-corrected chi connectivity index (χ3v) is 3.76. The second kappa shape index (κ2) is 4.53. The van der Waals surface area contributed by atoms with Crippen molar-refractivity contribution in [1.29, 1.82) is 0 Å². The molecule has 4 heteroatoms. The molecule has 0 amide bonds. The first-order valence-electron chi connectivity index (χ1n) is 6.53. The van der Waals surface area contributed by atoms with Crippen molar-refractivity contribution in [2.24, 2.45) is 0 Å². The van der Waals surface area contributed by atoms with E-state index in [0.29, 0.717) is 12.2 Å². The number of carboxylic acid groups (broad SMARTS) is 1. The average Bonchev–Trinajstić information content (AvgIpc) is 2.91. The van der Waals surface area contributed by atoms with Gasteiger partial charge in [-0.05, 0) is 37.3 Å². The number of rotatable bonds is 3. The van der Waals surface area contributed by atoms with Crippen molar-refractivity contribution < 1.29 is 9.90 Å². The molecule has 1 heterocycles. The molecule has 19 heavy (non-hydrogen) atoms. The molecular formula is C15H16N2O2. The van der Waals surface area contributed by atoms with Crippen LogP contribution in [0.1, 0.15) is 39.3 Å². The Morgan fingerprint density at radius 3 is 2.89 bits per heavy atom. The highest BCUT2D eigenvalue weighted by Gasteiger charge is 2.26. The van der Waals surface area contributed by atoms with Gasteiger partial charge in [0.05, 0.1) is 12.2 Å². The lowest BCUT2D eigenvalue weighted by atomic mass is 10.1. The van der Waals surface area contributed by atoms with Gasteiger partial charge < -0.3 is 5.11 Å². The molecule has 1 aromatic heterocycles. The highest BCUT2D eigenvalue weighted by molar-refractivity contribution is 5.88. The Balaban J connectivity index is 2.02. The molecule has 0 radical (unpaired) electrons. The topological polar surface area (TPSA) is 55.1 Å². The van der Waals surface area contributed by atoms with E-state index < -0.39 is 5.97 Å². The van der Waals surface area contributed by atoms with Gasteiger partial charge in [0, 0.05) is 5.56 Å². The minimum absolute atomic E-state index is 0.371. The number of carbonyl (C=O) groups is 1.